The zero-order valence-electron chi connectivity index (χ0n) is 16.9. The van der Waals surface area contributed by atoms with Crippen LogP contribution in [-0.2, 0) is 4.74 Å². The van der Waals surface area contributed by atoms with Crippen molar-refractivity contribution >= 4 is 23.5 Å². The summed E-state index contributed by atoms with van der Waals surface area (Å²) in [6, 6.07) is 3.43. The first-order valence-electron chi connectivity index (χ1n) is 9.28. The fourth-order valence-corrected chi connectivity index (χ4v) is 2.95. The number of rotatable bonds is 4. The van der Waals surface area contributed by atoms with Crippen LogP contribution >= 0.6 is 0 Å². The maximum Gasteiger partial charge on any atom is 0.410 e. The number of piperazine rings is 1. The second-order valence-electron chi connectivity index (χ2n) is 7.76. The lowest BCUT2D eigenvalue weighted by molar-refractivity contribution is -0.385. The molecule has 3 heterocycles. The number of hydrogen-bond donors (Lipinski definition) is 1. The highest BCUT2D eigenvalue weighted by Gasteiger charge is 2.27. The van der Waals surface area contributed by atoms with Crippen molar-refractivity contribution < 1.29 is 19.2 Å². The lowest BCUT2D eigenvalue weighted by Crippen LogP contribution is -2.50. The van der Waals surface area contributed by atoms with Crippen molar-refractivity contribution in [1.82, 2.24) is 19.7 Å². The van der Waals surface area contributed by atoms with Crippen LogP contribution in [0.4, 0.5) is 16.3 Å². The molecule has 3 rings (SSSR count). The number of carbonyl (C=O) groups is 2. The molecular formula is C18H23N7O5. The molecule has 2 aromatic heterocycles. The third kappa shape index (κ3) is 4.64. The highest BCUT2D eigenvalue weighted by atomic mass is 16.6. The van der Waals surface area contributed by atoms with Gasteiger partial charge in [0.1, 0.15) is 17.6 Å². The number of nitro groups is 1. The van der Waals surface area contributed by atoms with Crippen LogP contribution in [0.3, 0.4) is 0 Å². The molecule has 0 aliphatic carbocycles. The van der Waals surface area contributed by atoms with E-state index in [4.69, 9.17) is 10.5 Å². The Kier molecular flexibility index (Phi) is 5.58. The number of primary amides is 1. The van der Waals surface area contributed by atoms with E-state index in [9.17, 15) is 19.7 Å². The molecule has 0 bridgehead atoms. The van der Waals surface area contributed by atoms with E-state index in [1.54, 1.807) is 17.0 Å². The summed E-state index contributed by atoms with van der Waals surface area (Å²) >= 11 is 0. The molecule has 2 aromatic rings. The highest BCUT2D eigenvalue weighted by Crippen LogP contribution is 2.21. The molecule has 12 nitrogen and oxygen atoms in total. The van der Waals surface area contributed by atoms with Gasteiger partial charge in [-0.2, -0.15) is 5.10 Å². The lowest BCUT2D eigenvalue weighted by atomic mass is 10.2. The normalized spacial score (nSPS) is 14.5. The van der Waals surface area contributed by atoms with Gasteiger partial charge in [-0.1, -0.05) is 0 Å². The van der Waals surface area contributed by atoms with E-state index in [1.165, 1.54) is 10.9 Å². The number of anilines is 1. The van der Waals surface area contributed by atoms with Crippen molar-refractivity contribution in [2.75, 3.05) is 31.1 Å². The molecule has 1 saturated heterocycles. The van der Waals surface area contributed by atoms with Gasteiger partial charge in [-0.05, 0) is 32.9 Å². The first-order valence-corrected chi connectivity index (χ1v) is 9.28. The Hall–Kier alpha value is -3.70. The Morgan fingerprint density at radius 1 is 1.20 bits per heavy atom. The zero-order valence-corrected chi connectivity index (χ0v) is 16.9. The van der Waals surface area contributed by atoms with Gasteiger partial charge < -0.3 is 20.3 Å². The van der Waals surface area contributed by atoms with E-state index >= 15 is 0 Å². The average Bonchev–Trinajstić information content (AvgIpc) is 3.13. The Labute approximate surface area is 172 Å². The number of pyridine rings is 1. The van der Waals surface area contributed by atoms with Crippen LogP contribution in [-0.4, -0.2) is 68.4 Å². The largest absolute Gasteiger partial charge is 0.444 e. The van der Waals surface area contributed by atoms with Gasteiger partial charge in [0, 0.05) is 26.2 Å². The molecule has 12 heteroatoms. The molecule has 0 spiro atoms. The minimum Gasteiger partial charge on any atom is -0.444 e. The molecule has 0 aromatic carbocycles. The summed E-state index contributed by atoms with van der Waals surface area (Å²) in [5.74, 6) is -0.285. The number of carbonyl (C=O) groups excluding carboxylic acids is 2. The zero-order chi connectivity index (χ0) is 22.1. The maximum atomic E-state index is 12.2. The summed E-state index contributed by atoms with van der Waals surface area (Å²) in [6.45, 7) is 7.67. The standard InChI is InChI=1S/C18H23N7O5/c1-18(2,3)30-17(27)23-8-6-22(7-9-23)14-5-4-12(10-20-14)24-11-13(25(28)29)15(21-24)16(19)26/h4-5,10-11H,6-9H2,1-3H3,(H2,19,26). The van der Waals surface area contributed by atoms with Gasteiger partial charge in [0.25, 0.3) is 5.91 Å². The van der Waals surface area contributed by atoms with Crippen molar-refractivity contribution in [1.29, 1.82) is 0 Å². The smallest absolute Gasteiger partial charge is 0.410 e. The van der Waals surface area contributed by atoms with Crippen molar-refractivity contribution in [3.8, 4) is 5.69 Å². The van der Waals surface area contributed by atoms with Crippen LogP contribution in [0.2, 0.25) is 0 Å². The van der Waals surface area contributed by atoms with Crippen molar-refractivity contribution in [2.45, 2.75) is 26.4 Å². The van der Waals surface area contributed by atoms with Crippen molar-refractivity contribution in [3.63, 3.8) is 0 Å². The Morgan fingerprint density at radius 2 is 1.87 bits per heavy atom. The third-order valence-corrected chi connectivity index (χ3v) is 4.38. The van der Waals surface area contributed by atoms with Gasteiger partial charge in [-0.15, -0.1) is 0 Å². The fraction of sp³-hybridized carbons (Fsp3) is 0.444. The first kappa shape index (κ1) is 21.0. The molecule has 160 valence electrons. The lowest BCUT2D eigenvalue weighted by Gasteiger charge is -2.36. The van der Waals surface area contributed by atoms with Crippen LogP contribution in [0.5, 0.6) is 0 Å². The Bertz CT molecular complexity index is 925. The summed E-state index contributed by atoms with van der Waals surface area (Å²) in [4.78, 5) is 41.9. The molecule has 0 radical (unpaired) electrons. The molecular weight excluding hydrogens is 394 g/mol. The summed E-state index contributed by atoms with van der Waals surface area (Å²) in [5, 5.41) is 15.0. The van der Waals surface area contributed by atoms with E-state index in [0.717, 1.165) is 6.20 Å². The summed E-state index contributed by atoms with van der Waals surface area (Å²) in [7, 11) is 0. The van der Waals surface area contributed by atoms with Crippen LogP contribution in [0.25, 0.3) is 5.69 Å². The number of hydrogen-bond acceptors (Lipinski definition) is 8. The minimum absolute atomic E-state index is 0.337. The van der Waals surface area contributed by atoms with Crippen LogP contribution in [0.15, 0.2) is 24.5 Å². The molecule has 0 saturated carbocycles. The molecule has 2 N–H and O–H groups in total. The van der Waals surface area contributed by atoms with Crippen LogP contribution in [0, 0.1) is 10.1 Å². The van der Waals surface area contributed by atoms with Gasteiger partial charge in [0.2, 0.25) is 5.69 Å². The quantitative estimate of drug-likeness (QED) is 0.578. The Morgan fingerprint density at radius 3 is 2.33 bits per heavy atom. The minimum atomic E-state index is -0.979. The topological polar surface area (TPSA) is 150 Å². The van der Waals surface area contributed by atoms with Crippen molar-refractivity contribution in [3.05, 3.63) is 40.3 Å². The van der Waals surface area contributed by atoms with Crippen molar-refractivity contribution in [2.24, 2.45) is 5.73 Å². The van der Waals surface area contributed by atoms with Gasteiger partial charge in [0.05, 0.1) is 16.8 Å². The SMILES string of the molecule is CC(C)(C)OC(=O)N1CCN(c2ccc(-n3cc([N+](=O)[O-])c(C(N)=O)n3)cn2)CC1. The predicted octanol–water partition coefficient (Wildman–Crippen LogP) is 1.33. The van der Waals surface area contributed by atoms with Gasteiger partial charge in [-0.25, -0.2) is 14.5 Å². The number of ether oxygens (including phenoxy) is 1. The number of nitrogens with two attached hydrogens (primary N) is 1. The molecule has 1 aliphatic heterocycles. The number of amides is 2. The van der Waals surface area contributed by atoms with E-state index < -0.39 is 27.8 Å². The van der Waals surface area contributed by atoms with Gasteiger partial charge in [0.15, 0.2) is 0 Å². The summed E-state index contributed by atoms with van der Waals surface area (Å²) in [6.07, 6.45) is 2.28. The second kappa shape index (κ2) is 7.97. The monoisotopic (exact) mass is 417 g/mol. The third-order valence-electron chi connectivity index (χ3n) is 4.38. The van der Waals surface area contributed by atoms with Crippen LogP contribution < -0.4 is 10.6 Å². The van der Waals surface area contributed by atoms with E-state index in [-0.39, 0.29) is 6.09 Å². The number of aromatic nitrogens is 3. The van der Waals surface area contributed by atoms with Gasteiger partial charge >= 0.3 is 11.8 Å². The highest BCUT2D eigenvalue weighted by molar-refractivity contribution is 5.94. The predicted molar refractivity (Wildman–Crippen MR) is 107 cm³/mol. The molecule has 0 unspecified atom stereocenters. The molecule has 2 amide bonds. The number of nitrogens with zero attached hydrogens (tertiary/aromatic N) is 6. The summed E-state index contributed by atoms with van der Waals surface area (Å²) < 4.78 is 6.58. The molecule has 30 heavy (non-hydrogen) atoms. The first-order chi connectivity index (χ1) is 14.0. The average molecular weight is 417 g/mol. The molecule has 0 atom stereocenters. The summed E-state index contributed by atoms with van der Waals surface area (Å²) in [5.41, 5.74) is 4.18. The van der Waals surface area contributed by atoms with Gasteiger partial charge in [-0.3, -0.25) is 14.9 Å². The maximum absolute atomic E-state index is 12.2. The second-order valence-corrected chi connectivity index (χ2v) is 7.76. The van der Waals surface area contributed by atoms with E-state index in [0.29, 0.717) is 37.7 Å². The fourth-order valence-electron chi connectivity index (χ4n) is 2.95. The Balaban J connectivity index is 1.67. The molecule has 1 fully saturated rings. The van der Waals surface area contributed by atoms with Crippen LogP contribution in [0.1, 0.15) is 31.3 Å². The molecule has 1 aliphatic rings. The van der Waals surface area contributed by atoms with E-state index in [1.807, 2.05) is 25.7 Å². The van der Waals surface area contributed by atoms with E-state index in [2.05, 4.69) is 10.1 Å².